The second-order valence-corrected chi connectivity index (χ2v) is 6.71. The van der Waals surface area contributed by atoms with Gasteiger partial charge in [-0.05, 0) is 30.7 Å². The van der Waals surface area contributed by atoms with Gasteiger partial charge in [-0.1, -0.05) is 48.2 Å². The van der Waals surface area contributed by atoms with Gasteiger partial charge in [0.05, 0.1) is 12.2 Å². The van der Waals surface area contributed by atoms with E-state index in [1.165, 1.54) is 17.8 Å². The number of allylic oxidation sites excluding steroid dienone is 1. The third-order valence-corrected chi connectivity index (χ3v) is 4.74. The monoisotopic (exact) mass is 369 g/mol. The van der Waals surface area contributed by atoms with Gasteiger partial charge in [-0.3, -0.25) is 4.57 Å². The van der Waals surface area contributed by atoms with E-state index in [0.29, 0.717) is 30.3 Å². The van der Waals surface area contributed by atoms with E-state index in [-0.39, 0.29) is 5.82 Å². The molecule has 0 N–H and O–H groups in total. The minimum atomic E-state index is -0.315. The summed E-state index contributed by atoms with van der Waals surface area (Å²) in [5, 5.41) is 9.12. The van der Waals surface area contributed by atoms with E-state index in [1.54, 1.807) is 24.3 Å². The molecule has 6 heteroatoms. The van der Waals surface area contributed by atoms with Gasteiger partial charge in [-0.15, -0.1) is 16.8 Å². The summed E-state index contributed by atoms with van der Waals surface area (Å²) in [7, 11) is 0. The lowest BCUT2D eigenvalue weighted by Gasteiger charge is -2.10. The Balaban J connectivity index is 1.69. The van der Waals surface area contributed by atoms with Crippen molar-refractivity contribution in [3.63, 3.8) is 0 Å². The van der Waals surface area contributed by atoms with Crippen LogP contribution in [0.5, 0.6) is 5.75 Å². The Labute approximate surface area is 156 Å². The fourth-order valence-corrected chi connectivity index (χ4v) is 3.30. The standard InChI is InChI=1S/C20H20FN3OS/c1-3-12-24-19(16-9-5-6-10-17(16)21)22-23-20(24)26-14-13-25-18-11-7-4-8-15(18)2/h3-11H,1,12-14H2,2H3. The lowest BCUT2D eigenvalue weighted by atomic mass is 10.2. The van der Waals surface area contributed by atoms with Crippen molar-refractivity contribution in [3.8, 4) is 17.1 Å². The Bertz CT molecular complexity index is 894. The number of aryl methyl sites for hydroxylation is 1. The number of aromatic nitrogens is 3. The van der Waals surface area contributed by atoms with E-state index in [9.17, 15) is 4.39 Å². The molecular weight excluding hydrogens is 349 g/mol. The molecule has 0 radical (unpaired) electrons. The second kappa shape index (κ2) is 8.67. The van der Waals surface area contributed by atoms with Crippen molar-refractivity contribution in [2.24, 2.45) is 0 Å². The van der Waals surface area contributed by atoms with Crippen LogP contribution in [0.1, 0.15) is 5.56 Å². The molecule has 0 bridgehead atoms. The molecule has 1 heterocycles. The molecule has 3 aromatic rings. The van der Waals surface area contributed by atoms with Crippen molar-refractivity contribution in [1.29, 1.82) is 0 Å². The maximum Gasteiger partial charge on any atom is 0.191 e. The van der Waals surface area contributed by atoms with Crippen LogP contribution in [0.25, 0.3) is 11.4 Å². The Morgan fingerprint density at radius 2 is 1.92 bits per heavy atom. The van der Waals surface area contributed by atoms with Crippen LogP contribution in [-0.4, -0.2) is 27.1 Å². The minimum Gasteiger partial charge on any atom is -0.492 e. The normalized spacial score (nSPS) is 10.7. The summed E-state index contributed by atoms with van der Waals surface area (Å²) < 4.78 is 21.8. The molecule has 0 amide bonds. The Morgan fingerprint density at radius 1 is 1.15 bits per heavy atom. The topological polar surface area (TPSA) is 39.9 Å². The molecule has 0 fully saturated rings. The summed E-state index contributed by atoms with van der Waals surface area (Å²) in [6.07, 6.45) is 1.75. The summed E-state index contributed by atoms with van der Waals surface area (Å²) in [6.45, 7) is 6.85. The summed E-state index contributed by atoms with van der Waals surface area (Å²) in [6, 6.07) is 14.5. The Hall–Kier alpha value is -2.60. The van der Waals surface area contributed by atoms with Crippen LogP contribution in [0.4, 0.5) is 4.39 Å². The largest absolute Gasteiger partial charge is 0.492 e. The molecule has 0 spiro atoms. The number of rotatable bonds is 8. The van der Waals surface area contributed by atoms with Crippen LogP contribution in [0.2, 0.25) is 0 Å². The molecular formula is C20H20FN3OS. The predicted molar refractivity (Wildman–Crippen MR) is 103 cm³/mol. The average Bonchev–Trinajstić information content (AvgIpc) is 3.03. The quantitative estimate of drug-likeness (QED) is 0.326. The number of hydrogen-bond acceptors (Lipinski definition) is 4. The number of halogens is 1. The molecule has 3 rings (SSSR count). The summed E-state index contributed by atoms with van der Waals surface area (Å²) in [5.41, 5.74) is 1.54. The lowest BCUT2D eigenvalue weighted by Crippen LogP contribution is -2.05. The van der Waals surface area contributed by atoms with Crippen molar-refractivity contribution in [2.45, 2.75) is 18.6 Å². The van der Waals surface area contributed by atoms with Gasteiger partial charge in [-0.25, -0.2) is 4.39 Å². The van der Waals surface area contributed by atoms with E-state index < -0.39 is 0 Å². The summed E-state index contributed by atoms with van der Waals surface area (Å²) >= 11 is 1.53. The highest BCUT2D eigenvalue weighted by Gasteiger charge is 2.16. The Kier molecular flexibility index (Phi) is 6.07. The van der Waals surface area contributed by atoms with Crippen molar-refractivity contribution < 1.29 is 9.13 Å². The number of ether oxygens (including phenoxy) is 1. The van der Waals surface area contributed by atoms with Gasteiger partial charge in [0.15, 0.2) is 11.0 Å². The fourth-order valence-electron chi connectivity index (χ4n) is 2.53. The van der Waals surface area contributed by atoms with Crippen molar-refractivity contribution >= 4 is 11.8 Å². The minimum absolute atomic E-state index is 0.315. The molecule has 0 aliphatic rings. The maximum atomic E-state index is 14.1. The highest BCUT2D eigenvalue weighted by molar-refractivity contribution is 7.99. The first-order valence-corrected chi connectivity index (χ1v) is 9.29. The zero-order valence-electron chi connectivity index (χ0n) is 14.6. The second-order valence-electron chi connectivity index (χ2n) is 5.65. The van der Waals surface area contributed by atoms with Gasteiger partial charge < -0.3 is 4.74 Å². The summed E-state index contributed by atoms with van der Waals surface area (Å²) in [4.78, 5) is 0. The molecule has 134 valence electrons. The molecule has 1 aromatic heterocycles. The first-order chi connectivity index (χ1) is 12.7. The van der Waals surface area contributed by atoms with Gasteiger partial charge in [0.2, 0.25) is 0 Å². The van der Waals surface area contributed by atoms with E-state index in [0.717, 1.165) is 16.5 Å². The predicted octanol–water partition coefficient (Wildman–Crippen LogP) is 4.75. The van der Waals surface area contributed by atoms with Gasteiger partial charge in [0, 0.05) is 12.3 Å². The third-order valence-electron chi connectivity index (χ3n) is 3.81. The van der Waals surface area contributed by atoms with E-state index in [1.807, 2.05) is 35.8 Å². The van der Waals surface area contributed by atoms with Crippen LogP contribution in [-0.2, 0) is 6.54 Å². The number of benzene rings is 2. The van der Waals surface area contributed by atoms with Crippen molar-refractivity contribution in [1.82, 2.24) is 14.8 Å². The zero-order valence-corrected chi connectivity index (χ0v) is 15.4. The molecule has 4 nitrogen and oxygen atoms in total. The van der Waals surface area contributed by atoms with Crippen LogP contribution in [0, 0.1) is 12.7 Å². The fraction of sp³-hybridized carbons (Fsp3) is 0.200. The SMILES string of the molecule is C=CCn1c(SCCOc2ccccc2C)nnc1-c1ccccc1F. The number of hydrogen-bond donors (Lipinski definition) is 0. The van der Waals surface area contributed by atoms with Crippen LogP contribution >= 0.6 is 11.8 Å². The number of nitrogens with zero attached hydrogens (tertiary/aromatic N) is 3. The molecule has 0 unspecified atom stereocenters. The summed E-state index contributed by atoms with van der Waals surface area (Å²) in [5.74, 6) is 1.78. The molecule has 0 atom stereocenters. The van der Waals surface area contributed by atoms with Crippen LogP contribution in [0.15, 0.2) is 66.3 Å². The van der Waals surface area contributed by atoms with Crippen LogP contribution in [0.3, 0.4) is 0 Å². The smallest absolute Gasteiger partial charge is 0.191 e. The van der Waals surface area contributed by atoms with Crippen molar-refractivity contribution in [3.05, 3.63) is 72.6 Å². The van der Waals surface area contributed by atoms with E-state index in [4.69, 9.17) is 4.74 Å². The molecule has 0 aliphatic carbocycles. The molecule has 0 saturated heterocycles. The van der Waals surface area contributed by atoms with Gasteiger partial charge in [0.1, 0.15) is 11.6 Å². The van der Waals surface area contributed by atoms with Gasteiger partial charge in [0.25, 0.3) is 0 Å². The van der Waals surface area contributed by atoms with Crippen LogP contribution < -0.4 is 4.74 Å². The highest BCUT2D eigenvalue weighted by Crippen LogP contribution is 2.26. The zero-order chi connectivity index (χ0) is 18.4. The molecule has 26 heavy (non-hydrogen) atoms. The maximum absolute atomic E-state index is 14.1. The van der Waals surface area contributed by atoms with Crippen molar-refractivity contribution in [2.75, 3.05) is 12.4 Å². The number of para-hydroxylation sites is 1. The van der Waals surface area contributed by atoms with Gasteiger partial charge >= 0.3 is 0 Å². The number of thioether (sulfide) groups is 1. The molecule has 2 aromatic carbocycles. The highest BCUT2D eigenvalue weighted by atomic mass is 32.2. The lowest BCUT2D eigenvalue weighted by molar-refractivity contribution is 0.341. The average molecular weight is 369 g/mol. The Morgan fingerprint density at radius 3 is 2.69 bits per heavy atom. The van der Waals surface area contributed by atoms with Gasteiger partial charge in [-0.2, -0.15) is 0 Å². The first-order valence-electron chi connectivity index (χ1n) is 8.31. The third kappa shape index (κ3) is 4.14. The molecule has 0 saturated carbocycles. The molecule has 0 aliphatic heterocycles. The van der Waals surface area contributed by atoms with E-state index >= 15 is 0 Å². The van der Waals surface area contributed by atoms with E-state index in [2.05, 4.69) is 16.8 Å². The first kappa shape index (κ1) is 18.2.